The quantitative estimate of drug-likeness (QED) is 0.762. The summed E-state index contributed by atoms with van der Waals surface area (Å²) in [5, 5.41) is 16.9. The van der Waals surface area contributed by atoms with Crippen LogP contribution in [0.1, 0.15) is 18.1 Å². The number of benzene rings is 1. The van der Waals surface area contributed by atoms with E-state index in [4.69, 9.17) is 0 Å². The van der Waals surface area contributed by atoms with Gasteiger partial charge in [-0.1, -0.05) is 0 Å². The molecule has 20 heavy (non-hydrogen) atoms. The monoisotopic (exact) mass is 281 g/mol. The van der Waals surface area contributed by atoms with E-state index in [9.17, 15) is 13.9 Å². The van der Waals surface area contributed by atoms with Crippen molar-refractivity contribution in [3.63, 3.8) is 0 Å². The van der Waals surface area contributed by atoms with Crippen LogP contribution in [0.25, 0.3) is 0 Å². The van der Waals surface area contributed by atoms with Crippen molar-refractivity contribution in [2.45, 2.75) is 19.1 Å². The molecule has 0 fully saturated rings. The lowest BCUT2D eigenvalue weighted by atomic mass is 10.1. The van der Waals surface area contributed by atoms with E-state index in [1.807, 2.05) is 16.9 Å². The van der Waals surface area contributed by atoms with Crippen LogP contribution in [0.2, 0.25) is 0 Å². The minimum Gasteiger partial charge on any atom is -0.387 e. The molecule has 4 nitrogen and oxygen atoms in total. The summed E-state index contributed by atoms with van der Waals surface area (Å²) in [6, 6.07) is 4.92. The van der Waals surface area contributed by atoms with Gasteiger partial charge in [-0.2, -0.15) is 5.10 Å². The van der Waals surface area contributed by atoms with Crippen LogP contribution in [0, 0.1) is 11.6 Å². The number of nitrogens with one attached hydrogen (secondary N) is 1. The molecule has 0 aliphatic carbocycles. The first-order valence-corrected chi connectivity index (χ1v) is 6.48. The molecule has 108 valence electrons. The number of aromatic nitrogens is 2. The molecule has 1 aromatic heterocycles. The van der Waals surface area contributed by atoms with Crippen molar-refractivity contribution >= 4 is 0 Å². The lowest BCUT2D eigenvalue weighted by Crippen LogP contribution is -2.24. The van der Waals surface area contributed by atoms with Crippen molar-refractivity contribution in [1.29, 1.82) is 0 Å². The normalized spacial score (nSPS) is 12.6. The average molecular weight is 281 g/mol. The van der Waals surface area contributed by atoms with Crippen molar-refractivity contribution in [2.24, 2.45) is 0 Å². The number of aliphatic hydroxyl groups excluding tert-OH is 1. The SMILES string of the molecule is OC(CNCCCn1cccn1)c1cc(F)ccc1F. The van der Waals surface area contributed by atoms with Crippen LogP contribution in [-0.4, -0.2) is 28.0 Å². The summed E-state index contributed by atoms with van der Waals surface area (Å²) in [6.45, 7) is 1.61. The molecule has 0 spiro atoms. The molecule has 1 aromatic carbocycles. The molecular weight excluding hydrogens is 264 g/mol. The third-order valence-corrected chi connectivity index (χ3v) is 2.95. The van der Waals surface area contributed by atoms with E-state index in [1.54, 1.807) is 6.20 Å². The zero-order valence-electron chi connectivity index (χ0n) is 11.0. The Kier molecular flexibility index (Phi) is 5.20. The van der Waals surface area contributed by atoms with E-state index in [2.05, 4.69) is 10.4 Å². The van der Waals surface area contributed by atoms with Gasteiger partial charge in [0.05, 0.1) is 6.10 Å². The number of hydrogen-bond donors (Lipinski definition) is 2. The van der Waals surface area contributed by atoms with Crippen LogP contribution in [0.3, 0.4) is 0 Å². The van der Waals surface area contributed by atoms with Crippen molar-refractivity contribution in [1.82, 2.24) is 15.1 Å². The maximum absolute atomic E-state index is 13.4. The molecule has 2 rings (SSSR count). The zero-order chi connectivity index (χ0) is 14.4. The molecule has 6 heteroatoms. The standard InChI is InChI=1S/C14H17F2N3O/c15-11-3-4-13(16)12(9-11)14(20)10-17-5-1-7-19-8-2-6-18-19/h2-4,6,8-9,14,17,20H,1,5,7,10H2. The lowest BCUT2D eigenvalue weighted by Gasteiger charge is -2.13. The molecule has 2 N–H and O–H groups in total. The summed E-state index contributed by atoms with van der Waals surface area (Å²) in [5.74, 6) is -1.16. The molecule has 0 saturated carbocycles. The van der Waals surface area contributed by atoms with Gasteiger partial charge in [-0.05, 0) is 37.2 Å². The highest BCUT2D eigenvalue weighted by Crippen LogP contribution is 2.17. The summed E-state index contributed by atoms with van der Waals surface area (Å²) < 4.78 is 28.2. The Hall–Kier alpha value is -1.79. The molecule has 1 heterocycles. The first-order chi connectivity index (χ1) is 9.66. The highest BCUT2D eigenvalue weighted by atomic mass is 19.1. The molecule has 0 radical (unpaired) electrons. The van der Waals surface area contributed by atoms with Gasteiger partial charge in [0.1, 0.15) is 11.6 Å². The molecule has 0 amide bonds. The second-order valence-electron chi connectivity index (χ2n) is 4.51. The summed E-state index contributed by atoms with van der Waals surface area (Å²) >= 11 is 0. The number of aryl methyl sites for hydroxylation is 1. The number of rotatable bonds is 7. The van der Waals surface area contributed by atoms with E-state index in [-0.39, 0.29) is 12.1 Å². The molecular formula is C14H17F2N3O. The second-order valence-corrected chi connectivity index (χ2v) is 4.51. The second kappa shape index (κ2) is 7.12. The van der Waals surface area contributed by atoms with Crippen molar-refractivity contribution in [3.8, 4) is 0 Å². The van der Waals surface area contributed by atoms with Gasteiger partial charge in [-0.15, -0.1) is 0 Å². The Morgan fingerprint density at radius 3 is 2.95 bits per heavy atom. The van der Waals surface area contributed by atoms with E-state index < -0.39 is 17.7 Å². The van der Waals surface area contributed by atoms with Gasteiger partial charge in [0.25, 0.3) is 0 Å². The minimum absolute atomic E-state index is 0.0235. The molecule has 0 saturated heterocycles. The maximum Gasteiger partial charge on any atom is 0.129 e. The van der Waals surface area contributed by atoms with Crippen molar-refractivity contribution < 1.29 is 13.9 Å². The first-order valence-electron chi connectivity index (χ1n) is 6.48. The molecule has 0 aliphatic rings. The van der Waals surface area contributed by atoms with Crippen LogP contribution >= 0.6 is 0 Å². The van der Waals surface area contributed by atoms with E-state index in [1.165, 1.54) is 0 Å². The highest BCUT2D eigenvalue weighted by molar-refractivity contribution is 5.21. The third-order valence-electron chi connectivity index (χ3n) is 2.95. The van der Waals surface area contributed by atoms with Crippen LogP contribution in [0.4, 0.5) is 8.78 Å². The molecule has 0 bridgehead atoms. The van der Waals surface area contributed by atoms with Gasteiger partial charge < -0.3 is 10.4 Å². The fraction of sp³-hybridized carbons (Fsp3) is 0.357. The van der Waals surface area contributed by atoms with Crippen molar-refractivity contribution in [3.05, 3.63) is 53.9 Å². The fourth-order valence-electron chi connectivity index (χ4n) is 1.92. The van der Waals surface area contributed by atoms with Crippen LogP contribution in [0.15, 0.2) is 36.7 Å². The van der Waals surface area contributed by atoms with Gasteiger partial charge in [0.2, 0.25) is 0 Å². The van der Waals surface area contributed by atoms with Crippen LogP contribution < -0.4 is 5.32 Å². The summed E-state index contributed by atoms with van der Waals surface area (Å²) in [6.07, 6.45) is 3.36. The van der Waals surface area contributed by atoms with Gasteiger partial charge >= 0.3 is 0 Å². The molecule has 2 aromatic rings. The number of hydrogen-bond acceptors (Lipinski definition) is 3. The molecule has 1 unspecified atom stereocenters. The Balaban J connectivity index is 1.72. The summed E-state index contributed by atoms with van der Waals surface area (Å²) in [5.41, 5.74) is -0.0235. The van der Waals surface area contributed by atoms with E-state index in [0.29, 0.717) is 6.54 Å². The predicted molar refractivity (Wildman–Crippen MR) is 71.0 cm³/mol. The van der Waals surface area contributed by atoms with Gasteiger partial charge in [0.15, 0.2) is 0 Å². The highest BCUT2D eigenvalue weighted by Gasteiger charge is 2.13. The topological polar surface area (TPSA) is 50.1 Å². The van der Waals surface area contributed by atoms with Gasteiger partial charge in [-0.3, -0.25) is 4.68 Å². The third kappa shape index (κ3) is 4.11. The number of halogens is 2. The fourth-order valence-corrected chi connectivity index (χ4v) is 1.92. The van der Waals surface area contributed by atoms with E-state index >= 15 is 0 Å². The Morgan fingerprint density at radius 2 is 2.20 bits per heavy atom. The zero-order valence-corrected chi connectivity index (χ0v) is 11.0. The van der Waals surface area contributed by atoms with Gasteiger partial charge in [-0.25, -0.2) is 8.78 Å². The Morgan fingerprint density at radius 1 is 1.35 bits per heavy atom. The van der Waals surface area contributed by atoms with Gasteiger partial charge in [0, 0.05) is 31.0 Å². The van der Waals surface area contributed by atoms with E-state index in [0.717, 1.165) is 31.2 Å². The molecule has 0 aliphatic heterocycles. The predicted octanol–water partition coefficient (Wildman–Crippen LogP) is 1.87. The lowest BCUT2D eigenvalue weighted by molar-refractivity contribution is 0.169. The Bertz CT molecular complexity index is 531. The Labute approximate surface area is 116 Å². The van der Waals surface area contributed by atoms with Crippen LogP contribution in [-0.2, 0) is 6.54 Å². The summed E-state index contributed by atoms with van der Waals surface area (Å²) in [4.78, 5) is 0. The first kappa shape index (κ1) is 14.6. The number of aliphatic hydroxyl groups is 1. The van der Waals surface area contributed by atoms with Crippen LogP contribution in [0.5, 0.6) is 0 Å². The largest absolute Gasteiger partial charge is 0.387 e. The smallest absolute Gasteiger partial charge is 0.129 e. The maximum atomic E-state index is 13.4. The minimum atomic E-state index is -1.06. The molecule has 1 atom stereocenters. The summed E-state index contributed by atoms with van der Waals surface area (Å²) in [7, 11) is 0. The van der Waals surface area contributed by atoms with Crippen molar-refractivity contribution in [2.75, 3.05) is 13.1 Å². The average Bonchev–Trinajstić information content (AvgIpc) is 2.94. The number of nitrogens with zero attached hydrogens (tertiary/aromatic N) is 2.